The normalized spacial score (nSPS) is 9.86. The minimum atomic E-state index is -0.985. The van der Waals surface area contributed by atoms with E-state index in [1.807, 2.05) is 6.07 Å². The molecule has 0 fully saturated rings. The zero-order valence-corrected chi connectivity index (χ0v) is 12.2. The van der Waals surface area contributed by atoms with Crippen LogP contribution >= 0.6 is 0 Å². The maximum atomic E-state index is 11.7. The first-order valence-corrected chi connectivity index (χ1v) is 6.59. The molecule has 0 saturated carbocycles. The Morgan fingerprint density at radius 2 is 2.05 bits per heavy atom. The molecule has 1 N–H and O–H groups in total. The van der Waals surface area contributed by atoms with E-state index >= 15 is 0 Å². The van der Waals surface area contributed by atoms with Crippen molar-refractivity contribution in [3.8, 4) is 11.8 Å². The smallest absolute Gasteiger partial charge is 0.397 e. The molecular weight excluding hydrogens is 284 g/mol. The van der Waals surface area contributed by atoms with E-state index in [1.165, 1.54) is 0 Å². The zero-order valence-electron chi connectivity index (χ0n) is 12.2. The maximum absolute atomic E-state index is 11.7. The average Bonchev–Trinajstić information content (AvgIpc) is 2.54. The van der Waals surface area contributed by atoms with Crippen molar-refractivity contribution in [2.24, 2.45) is 0 Å². The zero-order chi connectivity index (χ0) is 16.1. The van der Waals surface area contributed by atoms with E-state index in [4.69, 9.17) is 4.74 Å². The van der Waals surface area contributed by atoms with Gasteiger partial charge in [-0.25, -0.2) is 4.79 Å². The Morgan fingerprint density at radius 3 is 2.68 bits per heavy atom. The van der Waals surface area contributed by atoms with E-state index in [0.29, 0.717) is 11.1 Å². The number of ether oxygens (including phenoxy) is 2. The molecular formula is C16H14N2O4. The highest BCUT2D eigenvalue weighted by Crippen LogP contribution is 2.28. The molecule has 0 aromatic heterocycles. The second-order valence-corrected chi connectivity index (χ2v) is 4.36. The van der Waals surface area contributed by atoms with E-state index in [0.717, 1.165) is 5.39 Å². The van der Waals surface area contributed by atoms with Gasteiger partial charge in [0.2, 0.25) is 0 Å². The summed E-state index contributed by atoms with van der Waals surface area (Å²) in [7, 11) is 1.56. The number of esters is 1. The van der Waals surface area contributed by atoms with Gasteiger partial charge in [-0.1, -0.05) is 6.07 Å². The maximum Gasteiger partial charge on any atom is 0.397 e. The second-order valence-electron chi connectivity index (χ2n) is 4.36. The molecule has 0 atom stereocenters. The number of benzene rings is 2. The Bertz CT molecular complexity index is 778. The molecule has 6 nitrogen and oxygen atoms in total. The van der Waals surface area contributed by atoms with Crippen molar-refractivity contribution in [1.82, 2.24) is 0 Å². The monoisotopic (exact) mass is 298 g/mol. The second kappa shape index (κ2) is 6.59. The fraction of sp³-hybridized carbons (Fsp3) is 0.188. The number of carbonyl (C=O) groups is 2. The van der Waals surface area contributed by atoms with Gasteiger partial charge in [-0.2, -0.15) is 5.26 Å². The standard InChI is InChI=1S/C16H14N2O4/c1-3-22-16(20)15(19)18-14-7-4-10-8-11(21-2)5-6-12(10)13(14)9-17/h4-8H,3H2,1-2H3,(H,18,19). The number of anilines is 1. The number of carbonyl (C=O) groups excluding carboxylic acids is 2. The summed E-state index contributed by atoms with van der Waals surface area (Å²) in [5.41, 5.74) is 0.538. The number of hydrogen-bond donors (Lipinski definition) is 1. The van der Waals surface area contributed by atoms with Crippen LogP contribution in [-0.4, -0.2) is 25.6 Å². The van der Waals surface area contributed by atoms with Crippen LogP contribution in [0.25, 0.3) is 10.8 Å². The van der Waals surface area contributed by atoms with Crippen LogP contribution in [0.3, 0.4) is 0 Å². The number of hydrogen-bond acceptors (Lipinski definition) is 5. The molecule has 2 rings (SSSR count). The third kappa shape index (κ3) is 2.99. The van der Waals surface area contributed by atoms with Crippen molar-refractivity contribution in [3.05, 3.63) is 35.9 Å². The summed E-state index contributed by atoms with van der Waals surface area (Å²) in [5, 5.41) is 13.2. The Labute approximate surface area is 127 Å². The Balaban J connectivity index is 2.41. The molecule has 2 aromatic rings. The predicted octanol–water partition coefficient (Wildman–Crippen LogP) is 2.22. The average molecular weight is 298 g/mol. The molecule has 2 aromatic carbocycles. The molecule has 0 aliphatic rings. The van der Waals surface area contributed by atoms with Gasteiger partial charge in [0.25, 0.3) is 0 Å². The minimum absolute atomic E-state index is 0.106. The van der Waals surface area contributed by atoms with Crippen LogP contribution in [0.2, 0.25) is 0 Å². The van der Waals surface area contributed by atoms with Gasteiger partial charge < -0.3 is 14.8 Å². The van der Waals surface area contributed by atoms with Crippen LogP contribution in [0, 0.1) is 11.3 Å². The van der Waals surface area contributed by atoms with Crippen molar-refractivity contribution in [2.75, 3.05) is 19.0 Å². The number of nitriles is 1. The first-order valence-electron chi connectivity index (χ1n) is 6.59. The molecule has 0 unspecified atom stereocenters. The summed E-state index contributed by atoms with van der Waals surface area (Å²) in [5.74, 6) is -1.23. The Kier molecular flexibility index (Phi) is 4.59. The third-order valence-electron chi connectivity index (χ3n) is 3.05. The SMILES string of the molecule is CCOC(=O)C(=O)Nc1ccc2cc(OC)ccc2c1C#N. The van der Waals surface area contributed by atoms with Crippen molar-refractivity contribution in [3.63, 3.8) is 0 Å². The van der Waals surface area contributed by atoms with Crippen molar-refractivity contribution < 1.29 is 19.1 Å². The van der Waals surface area contributed by atoms with Crippen molar-refractivity contribution in [1.29, 1.82) is 5.26 Å². The van der Waals surface area contributed by atoms with E-state index in [9.17, 15) is 14.9 Å². The minimum Gasteiger partial charge on any atom is -0.497 e. The van der Waals surface area contributed by atoms with Crippen LogP contribution in [-0.2, 0) is 14.3 Å². The van der Waals surface area contributed by atoms with E-state index in [1.54, 1.807) is 44.4 Å². The topological polar surface area (TPSA) is 88.4 Å². The highest BCUT2D eigenvalue weighted by Gasteiger charge is 2.17. The van der Waals surface area contributed by atoms with Gasteiger partial charge in [0.05, 0.1) is 25.0 Å². The first kappa shape index (κ1) is 15.3. The number of rotatable bonds is 3. The molecule has 0 bridgehead atoms. The van der Waals surface area contributed by atoms with E-state index in [-0.39, 0.29) is 17.9 Å². The van der Waals surface area contributed by atoms with Crippen LogP contribution in [0.1, 0.15) is 12.5 Å². The van der Waals surface area contributed by atoms with Crippen LogP contribution < -0.4 is 10.1 Å². The van der Waals surface area contributed by atoms with Gasteiger partial charge in [0.15, 0.2) is 0 Å². The summed E-state index contributed by atoms with van der Waals surface area (Å²) in [4.78, 5) is 23.1. The largest absolute Gasteiger partial charge is 0.497 e. The fourth-order valence-corrected chi connectivity index (χ4v) is 2.03. The molecule has 0 aliphatic carbocycles. The lowest BCUT2D eigenvalue weighted by Gasteiger charge is -2.10. The van der Waals surface area contributed by atoms with Gasteiger partial charge in [0, 0.05) is 5.39 Å². The van der Waals surface area contributed by atoms with Crippen LogP contribution in [0.4, 0.5) is 5.69 Å². The molecule has 0 saturated heterocycles. The molecule has 6 heteroatoms. The van der Waals surface area contributed by atoms with Gasteiger partial charge in [-0.05, 0) is 36.6 Å². The summed E-state index contributed by atoms with van der Waals surface area (Å²) in [6, 6.07) is 10.6. The van der Waals surface area contributed by atoms with Gasteiger partial charge in [-0.3, -0.25) is 4.79 Å². The summed E-state index contributed by atoms with van der Waals surface area (Å²) in [6.45, 7) is 1.71. The lowest BCUT2D eigenvalue weighted by Crippen LogP contribution is -2.25. The Hall–Kier alpha value is -3.07. The molecule has 22 heavy (non-hydrogen) atoms. The van der Waals surface area contributed by atoms with E-state index < -0.39 is 11.9 Å². The van der Waals surface area contributed by atoms with Gasteiger partial charge in [0.1, 0.15) is 11.8 Å². The number of nitrogens with zero attached hydrogens (tertiary/aromatic N) is 1. The lowest BCUT2D eigenvalue weighted by atomic mass is 10.0. The first-order chi connectivity index (χ1) is 10.6. The number of fused-ring (bicyclic) bond motifs is 1. The number of amides is 1. The van der Waals surface area contributed by atoms with Gasteiger partial charge >= 0.3 is 11.9 Å². The molecule has 0 heterocycles. The summed E-state index contributed by atoms with van der Waals surface area (Å²) in [6.07, 6.45) is 0. The molecule has 1 amide bonds. The van der Waals surface area contributed by atoms with Crippen LogP contribution in [0.15, 0.2) is 30.3 Å². The predicted molar refractivity (Wildman–Crippen MR) is 80.5 cm³/mol. The summed E-state index contributed by atoms with van der Waals surface area (Å²) >= 11 is 0. The van der Waals surface area contributed by atoms with Crippen LogP contribution in [0.5, 0.6) is 5.75 Å². The van der Waals surface area contributed by atoms with Gasteiger partial charge in [-0.15, -0.1) is 0 Å². The highest BCUT2D eigenvalue weighted by atomic mass is 16.5. The molecule has 0 radical (unpaired) electrons. The van der Waals surface area contributed by atoms with Crippen molar-refractivity contribution >= 4 is 28.3 Å². The fourth-order valence-electron chi connectivity index (χ4n) is 2.03. The van der Waals surface area contributed by atoms with E-state index in [2.05, 4.69) is 10.1 Å². The number of methoxy groups -OCH3 is 1. The quantitative estimate of drug-likeness (QED) is 0.693. The molecule has 0 aliphatic heterocycles. The lowest BCUT2D eigenvalue weighted by molar-refractivity contribution is -0.152. The highest BCUT2D eigenvalue weighted by molar-refractivity contribution is 6.37. The molecule has 112 valence electrons. The Morgan fingerprint density at radius 1 is 1.27 bits per heavy atom. The number of nitrogens with one attached hydrogen (secondary N) is 1. The third-order valence-corrected chi connectivity index (χ3v) is 3.05. The summed E-state index contributed by atoms with van der Waals surface area (Å²) < 4.78 is 9.75. The molecule has 0 spiro atoms. The van der Waals surface area contributed by atoms with Crippen molar-refractivity contribution in [2.45, 2.75) is 6.92 Å².